The fraction of sp³-hybridized carbons (Fsp3) is 0.827. The van der Waals surface area contributed by atoms with E-state index in [1.807, 2.05) is 0 Å². The highest BCUT2D eigenvalue weighted by Crippen LogP contribution is 2.23. The molecule has 0 radical (unpaired) electrons. The number of amides is 1. The van der Waals surface area contributed by atoms with Crippen molar-refractivity contribution in [2.45, 2.75) is 262 Å². The third-order valence-electron chi connectivity index (χ3n) is 12.1. The second kappa shape index (κ2) is 41.5. The first kappa shape index (κ1) is 59.1. The minimum absolute atomic E-state index is 0.226. The van der Waals surface area contributed by atoms with E-state index in [9.17, 15) is 40.5 Å². The maximum Gasteiger partial charge on any atom is 0.249 e. The molecule has 1 fully saturated rings. The van der Waals surface area contributed by atoms with Gasteiger partial charge in [-0.05, 0) is 83.5 Å². The van der Waals surface area contributed by atoms with Crippen LogP contribution in [0.3, 0.4) is 0 Å². The van der Waals surface area contributed by atoms with Gasteiger partial charge in [-0.15, -0.1) is 0 Å². The summed E-state index contributed by atoms with van der Waals surface area (Å²) in [5.41, 5.74) is 0. The fourth-order valence-electron chi connectivity index (χ4n) is 7.81. The third kappa shape index (κ3) is 30.8. The van der Waals surface area contributed by atoms with Gasteiger partial charge in [0.05, 0.1) is 25.4 Å². The average Bonchev–Trinajstić information content (AvgIpc) is 3.28. The Labute approximate surface area is 383 Å². The molecule has 63 heavy (non-hydrogen) atoms. The molecule has 0 spiro atoms. The van der Waals surface area contributed by atoms with E-state index in [4.69, 9.17) is 9.47 Å². The number of carbonyl (C=O) groups excluding carboxylic acids is 1. The van der Waals surface area contributed by atoms with Crippen LogP contribution in [0.15, 0.2) is 48.6 Å². The summed E-state index contributed by atoms with van der Waals surface area (Å²) >= 11 is 0. The van der Waals surface area contributed by atoms with E-state index in [2.05, 4.69) is 67.8 Å². The number of hydrogen-bond donors (Lipinski definition) is 8. The van der Waals surface area contributed by atoms with Gasteiger partial charge in [0.15, 0.2) is 6.29 Å². The molecule has 1 saturated heterocycles. The first-order valence-corrected chi connectivity index (χ1v) is 25.5. The zero-order valence-electron chi connectivity index (χ0n) is 39.8. The number of aliphatic hydroxyl groups excluding tert-OH is 7. The smallest absolute Gasteiger partial charge is 0.249 e. The second-order valence-electron chi connectivity index (χ2n) is 17.9. The molecule has 0 aromatic rings. The number of allylic oxidation sites excluding steroid dienone is 8. The summed E-state index contributed by atoms with van der Waals surface area (Å²) in [6.07, 6.45) is 39.2. The van der Waals surface area contributed by atoms with Gasteiger partial charge in [0.1, 0.15) is 36.6 Å². The lowest BCUT2D eigenvalue weighted by Gasteiger charge is -2.40. The standard InChI is InChI=1S/C52H95NO10/c1-3-5-7-9-11-13-14-15-16-17-18-19-20-21-22-23-24-25-26-27-28-29-30-32-33-35-37-39-44(55)47(57)43(42-62-52-50(60)49(59)48(58)46(41-54)63-52)53-51(61)45(56)40-38-36-34-31-12-10-8-6-4-2/h10,12,23-24,27-28,32-33,43-50,52,54-60H,3-9,11,13-22,25-26,29-31,34-42H2,1-2H3,(H,53,61)/b12-10-,24-23+,28-27+,33-32+. The molecule has 1 heterocycles. The lowest BCUT2D eigenvalue weighted by atomic mass is 9.98. The van der Waals surface area contributed by atoms with E-state index >= 15 is 0 Å². The SMILES string of the molecule is CCCC/C=C\CCCCCC(O)C(=O)NC(COC1OC(CO)C(O)C(O)C1O)C(O)C(O)CCC/C=C/CC/C=C/CC/C=C/CCCCCCCCCCCCCCCC. The predicted octanol–water partition coefficient (Wildman–Crippen LogP) is 9.34. The molecule has 1 amide bonds. The highest BCUT2D eigenvalue weighted by atomic mass is 16.7. The number of unbranched alkanes of at least 4 members (excludes halogenated alkanes) is 22. The Morgan fingerprint density at radius 3 is 1.46 bits per heavy atom. The van der Waals surface area contributed by atoms with Gasteiger partial charge in [-0.25, -0.2) is 0 Å². The first-order chi connectivity index (χ1) is 30.7. The maximum absolute atomic E-state index is 13.0. The summed E-state index contributed by atoms with van der Waals surface area (Å²) in [5, 5.41) is 75.5. The van der Waals surface area contributed by atoms with Crippen molar-refractivity contribution in [2.24, 2.45) is 0 Å². The molecule has 8 N–H and O–H groups in total. The second-order valence-corrected chi connectivity index (χ2v) is 17.9. The molecule has 1 rings (SSSR count). The van der Waals surface area contributed by atoms with Gasteiger partial charge in [0.25, 0.3) is 0 Å². The van der Waals surface area contributed by atoms with Crippen LogP contribution in [-0.2, 0) is 14.3 Å². The van der Waals surface area contributed by atoms with Crippen LogP contribution in [0, 0.1) is 0 Å². The molecule has 0 aromatic heterocycles. The molecule has 0 aliphatic carbocycles. The Morgan fingerprint density at radius 2 is 0.968 bits per heavy atom. The van der Waals surface area contributed by atoms with Gasteiger partial charge in [-0.3, -0.25) is 4.79 Å². The van der Waals surface area contributed by atoms with Gasteiger partial charge >= 0.3 is 0 Å². The summed E-state index contributed by atoms with van der Waals surface area (Å²) in [4.78, 5) is 13.0. The summed E-state index contributed by atoms with van der Waals surface area (Å²) in [6, 6.07) is -1.20. The Morgan fingerprint density at radius 1 is 0.540 bits per heavy atom. The first-order valence-electron chi connectivity index (χ1n) is 25.5. The molecule has 1 aliphatic rings. The van der Waals surface area contributed by atoms with Crippen LogP contribution in [0.25, 0.3) is 0 Å². The zero-order valence-corrected chi connectivity index (χ0v) is 39.8. The summed E-state index contributed by atoms with van der Waals surface area (Å²) in [6.45, 7) is 3.35. The van der Waals surface area contributed by atoms with Crippen LogP contribution in [0.4, 0.5) is 0 Å². The van der Waals surface area contributed by atoms with Crippen molar-refractivity contribution in [2.75, 3.05) is 13.2 Å². The number of carbonyl (C=O) groups is 1. The third-order valence-corrected chi connectivity index (χ3v) is 12.1. The van der Waals surface area contributed by atoms with Crippen molar-refractivity contribution >= 4 is 5.91 Å². The highest BCUT2D eigenvalue weighted by molar-refractivity contribution is 5.80. The van der Waals surface area contributed by atoms with Crippen molar-refractivity contribution in [3.63, 3.8) is 0 Å². The number of nitrogens with one attached hydrogen (secondary N) is 1. The molecule has 9 atom stereocenters. The van der Waals surface area contributed by atoms with E-state index in [0.29, 0.717) is 19.3 Å². The van der Waals surface area contributed by atoms with Crippen molar-refractivity contribution in [1.82, 2.24) is 5.32 Å². The zero-order chi connectivity index (χ0) is 46.2. The number of ether oxygens (including phenoxy) is 2. The summed E-state index contributed by atoms with van der Waals surface area (Å²) in [7, 11) is 0. The van der Waals surface area contributed by atoms with Crippen molar-refractivity contribution in [1.29, 1.82) is 0 Å². The van der Waals surface area contributed by atoms with Gasteiger partial charge in [-0.2, -0.15) is 0 Å². The van der Waals surface area contributed by atoms with Gasteiger partial charge in [-0.1, -0.05) is 172 Å². The number of rotatable bonds is 42. The van der Waals surface area contributed by atoms with E-state index in [1.54, 1.807) is 0 Å². The Balaban J connectivity index is 2.35. The predicted molar refractivity (Wildman–Crippen MR) is 256 cm³/mol. The molecule has 368 valence electrons. The Bertz CT molecular complexity index is 1160. The van der Waals surface area contributed by atoms with Gasteiger partial charge < -0.3 is 50.5 Å². The van der Waals surface area contributed by atoms with E-state index < -0.39 is 74.2 Å². The topological polar surface area (TPSA) is 189 Å². The lowest BCUT2D eigenvalue weighted by Crippen LogP contribution is -2.60. The molecule has 1 aliphatic heterocycles. The molecule has 0 bridgehead atoms. The van der Waals surface area contributed by atoms with Crippen LogP contribution in [-0.4, -0.2) is 110 Å². The molecular weight excluding hydrogens is 799 g/mol. The van der Waals surface area contributed by atoms with Crippen LogP contribution in [0.5, 0.6) is 0 Å². The molecule has 11 heteroatoms. The van der Waals surface area contributed by atoms with Crippen LogP contribution < -0.4 is 5.32 Å². The molecule has 9 unspecified atom stereocenters. The molecule has 11 nitrogen and oxygen atoms in total. The highest BCUT2D eigenvalue weighted by Gasteiger charge is 2.44. The average molecular weight is 894 g/mol. The molecule has 0 aromatic carbocycles. The van der Waals surface area contributed by atoms with Crippen molar-refractivity contribution in [3.8, 4) is 0 Å². The maximum atomic E-state index is 13.0. The Hall–Kier alpha value is -1.93. The monoisotopic (exact) mass is 894 g/mol. The number of hydrogen-bond acceptors (Lipinski definition) is 10. The number of aliphatic hydroxyl groups is 7. The largest absolute Gasteiger partial charge is 0.394 e. The molecule has 0 saturated carbocycles. The lowest BCUT2D eigenvalue weighted by molar-refractivity contribution is -0.303. The van der Waals surface area contributed by atoms with Gasteiger partial charge in [0, 0.05) is 0 Å². The van der Waals surface area contributed by atoms with E-state index in [0.717, 1.165) is 57.8 Å². The fourth-order valence-corrected chi connectivity index (χ4v) is 7.81. The minimum Gasteiger partial charge on any atom is -0.394 e. The quantitative estimate of drug-likeness (QED) is 0.0217. The van der Waals surface area contributed by atoms with E-state index in [-0.39, 0.29) is 12.8 Å². The summed E-state index contributed by atoms with van der Waals surface area (Å²) in [5.74, 6) is -0.730. The Kier molecular flexibility index (Phi) is 38.9. The van der Waals surface area contributed by atoms with Gasteiger partial charge in [0.2, 0.25) is 5.91 Å². The van der Waals surface area contributed by atoms with Crippen molar-refractivity contribution < 1.29 is 50.0 Å². The minimum atomic E-state index is -1.67. The van der Waals surface area contributed by atoms with Crippen LogP contribution >= 0.6 is 0 Å². The normalized spacial score (nSPS) is 21.6. The van der Waals surface area contributed by atoms with E-state index in [1.165, 1.54) is 103 Å². The van der Waals surface area contributed by atoms with Crippen LogP contribution in [0.2, 0.25) is 0 Å². The molecular formula is C52H95NO10. The van der Waals surface area contributed by atoms with Crippen molar-refractivity contribution in [3.05, 3.63) is 48.6 Å². The summed E-state index contributed by atoms with van der Waals surface area (Å²) < 4.78 is 11.1. The van der Waals surface area contributed by atoms with Crippen LogP contribution in [0.1, 0.15) is 206 Å².